The molecule has 0 aliphatic carbocycles. The Morgan fingerprint density at radius 2 is 2.07 bits per heavy atom. The largest absolute Gasteiger partial charge is 0.377 e. The van der Waals surface area contributed by atoms with Crippen molar-refractivity contribution < 1.29 is 13.9 Å². The third kappa shape index (κ3) is 2.59. The van der Waals surface area contributed by atoms with Crippen molar-refractivity contribution >= 4 is 34.8 Å². The Labute approximate surface area is 169 Å². The fourth-order valence-corrected chi connectivity index (χ4v) is 4.26. The lowest BCUT2D eigenvalue weighted by Gasteiger charge is -2.45. The molecule has 1 fully saturated rings. The summed E-state index contributed by atoms with van der Waals surface area (Å²) < 4.78 is 21.3. The number of amides is 1. The van der Waals surface area contributed by atoms with Crippen LogP contribution in [0.2, 0.25) is 10.0 Å². The van der Waals surface area contributed by atoms with Gasteiger partial charge in [-0.2, -0.15) is 0 Å². The fourth-order valence-electron chi connectivity index (χ4n) is 3.86. The zero-order valence-electron chi connectivity index (χ0n) is 14.5. The molecule has 1 aromatic heterocycles. The van der Waals surface area contributed by atoms with Gasteiger partial charge in [-0.15, -0.1) is 10.2 Å². The van der Waals surface area contributed by atoms with Gasteiger partial charge in [-0.25, -0.2) is 4.39 Å². The zero-order chi connectivity index (χ0) is 19.4. The molecule has 2 aromatic rings. The quantitative estimate of drug-likeness (QED) is 0.698. The van der Waals surface area contributed by atoms with Gasteiger partial charge < -0.3 is 14.2 Å². The third-order valence-corrected chi connectivity index (χ3v) is 6.02. The Hall–Kier alpha value is -2.29. The number of hydrogen-bond donors (Lipinski definition) is 0. The number of nitrogens with zero attached hydrogens (tertiary/aromatic N) is 5. The molecule has 0 spiro atoms. The van der Waals surface area contributed by atoms with Crippen LogP contribution in [-0.4, -0.2) is 57.1 Å². The molecule has 28 heavy (non-hydrogen) atoms. The number of hydrogen-bond acceptors (Lipinski definition) is 5. The van der Waals surface area contributed by atoms with E-state index in [4.69, 9.17) is 27.9 Å². The standard InChI is InChI=1S/C18H14Cl2FN5O2/c19-14-10(3-4-11(21)15(14)20)18(27)26-9-6-25-16(12-2-1-5-22-12)23-24-17(25)13(26)8-28-7-9/h1-4,9,13H,5-8H2/t9-,13-/m1/s1. The van der Waals surface area contributed by atoms with Crippen LogP contribution in [0.4, 0.5) is 4.39 Å². The highest BCUT2D eigenvalue weighted by Crippen LogP contribution is 2.37. The van der Waals surface area contributed by atoms with Crippen LogP contribution in [0.25, 0.3) is 0 Å². The number of aliphatic imine (C=N–C) groups is 1. The second kappa shape index (κ2) is 6.65. The summed E-state index contributed by atoms with van der Waals surface area (Å²) in [6.45, 7) is 1.75. The van der Waals surface area contributed by atoms with Crippen molar-refractivity contribution in [1.82, 2.24) is 19.7 Å². The van der Waals surface area contributed by atoms with Crippen LogP contribution in [0.5, 0.6) is 0 Å². The molecule has 1 saturated heterocycles. The van der Waals surface area contributed by atoms with Gasteiger partial charge in [0.15, 0.2) is 11.6 Å². The second-order valence-electron chi connectivity index (χ2n) is 6.76. The molecule has 3 aliphatic rings. The maximum atomic E-state index is 13.6. The molecule has 2 atom stereocenters. The van der Waals surface area contributed by atoms with Crippen molar-refractivity contribution in [3.63, 3.8) is 0 Å². The molecule has 10 heteroatoms. The zero-order valence-corrected chi connectivity index (χ0v) is 16.0. The summed E-state index contributed by atoms with van der Waals surface area (Å²) in [5.74, 6) is 0.321. The second-order valence-corrected chi connectivity index (χ2v) is 7.52. The molecule has 1 aromatic carbocycles. The Bertz CT molecular complexity index is 1050. The highest BCUT2D eigenvalue weighted by atomic mass is 35.5. The number of benzene rings is 1. The van der Waals surface area contributed by atoms with Crippen LogP contribution < -0.4 is 0 Å². The first kappa shape index (κ1) is 17.8. The van der Waals surface area contributed by atoms with E-state index in [0.717, 1.165) is 11.8 Å². The lowest BCUT2D eigenvalue weighted by Crippen LogP contribution is -2.56. The third-order valence-electron chi connectivity index (χ3n) is 5.16. The minimum absolute atomic E-state index is 0.0937. The van der Waals surface area contributed by atoms with Gasteiger partial charge in [0.05, 0.1) is 41.4 Å². The van der Waals surface area contributed by atoms with Crippen molar-refractivity contribution in [2.45, 2.75) is 18.6 Å². The van der Waals surface area contributed by atoms with E-state index in [-0.39, 0.29) is 34.2 Å². The summed E-state index contributed by atoms with van der Waals surface area (Å²) in [7, 11) is 0. The summed E-state index contributed by atoms with van der Waals surface area (Å²) in [5.41, 5.74) is 0.937. The van der Waals surface area contributed by atoms with Crippen LogP contribution in [0.15, 0.2) is 29.3 Å². The first-order valence-corrected chi connectivity index (χ1v) is 9.50. The molecular formula is C18H14Cl2FN5O2. The Morgan fingerprint density at radius 1 is 1.21 bits per heavy atom. The molecular weight excluding hydrogens is 408 g/mol. The van der Waals surface area contributed by atoms with Crippen molar-refractivity contribution in [2.24, 2.45) is 4.99 Å². The van der Waals surface area contributed by atoms with E-state index in [1.807, 2.05) is 16.7 Å². The SMILES string of the molecule is O=C(c1ccc(F)c(Cl)c1Cl)N1[C@H]2COC[C@@H]1c1nnc(C3=NCC=C3)n1C2. The van der Waals surface area contributed by atoms with Crippen LogP contribution >= 0.6 is 23.2 Å². The molecule has 0 N–H and O–H groups in total. The van der Waals surface area contributed by atoms with Crippen molar-refractivity contribution in [2.75, 3.05) is 19.8 Å². The first-order chi connectivity index (χ1) is 13.6. The highest BCUT2D eigenvalue weighted by molar-refractivity contribution is 6.44. The van der Waals surface area contributed by atoms with Crippen LogP contribution in [-0.2, 0) is 11.3 Å². The van der Waals surface area contributed by atoms with Gasteiger partial charge in [-0.1, -0.05) is 29.3 Å². The maximum absolute atomic E-state index is 13.6. The molecule has 1 amide bonds. The molecule has 7 nitrogen and oxygen atoms in total. The Balaban J connectivity index is 1.55. The summed E-state index contributed by atoms with van der Waals surface area (Å²) in [6.07, 6.45) is 3.88. The van der Waals surface area contributed by atoms with Gasteiger partial charge in [-0.05, 0) is 18.2 Å². The van der Waals surface area contributed by atoms with Gasteiger partial charge in [0.1, 0.15) is 17.6 Å². The number of ether oxygens (including phenoxy) is 1. The minimum Gasteiger partial charge on any atom is -0.377 e. The summed E-state index contributed by atoms with van der Waals surface area (Å²) in [6, 6.07) is 1.83. The smallest absolute Gasteiger partial charge is 0.256 e. The molecule has 2 bridgehead atoms. The topological polar surface area (TPSA) is 72.6 Å². The molecule has 144 valence electrons. The number of aromatic nitrogens is 3. The van der Waals surface area contributed by atoms with Gasteiger partial charge in [0.2, 0.25) is 0 Å². The molecule has 4 heterocycles. The highest BCUT2D eigenvalue weighted by Gasteiger charge is 2.44. The Morgan fingerprint density at radius 3 is 2.86 bits per heavy atom. The van der Waals surface area contributed by atoms with E-state index in [9.17, 15) is 9.18 Å². The number of allylic oxidation sites excluding steroid dienone is 1. The van der Waals surface area contributed by atoms with Gasteiger partial charge >= 0.3 is 0 Å². The van der Waals surface area contributed by atoms with E-state index in [1.54, 1.807) is 4.90 Å². The van der Waals surface area contributed by atoms with E-state index < -0.39 is 11.9 Å². The number of carbonyl (C=O) groups excluding carboxylic acids is 1. The molecule has 3 aliphatic heterocycles. The van der Waals surface area contributed by atoms with Gasteiger partial charge in [0.25, 0.3) is 5.91 Å². The van der Waals surface area contributed by atoms with E-state index in [0.29, 0.717) is 31.3 Å². The average molecular weight is 422 g/mol. The van der Waals surface area contributed by atoms with Gasteiger partial charge in [-0.3, -0.25) is 9.79 Å². The molecule has 0 saturated carbocycles. The van der Waals surface area contributed by atoms with Crippen LogP contribution in [0, 0.1) is 5.82 Å². The molecule has 5 rings (SSSR count). The van der Waals surface area contributed by atoms with E-state index in [2.05, 4.69) is 15.2 Å². The van der Waals surface area contributed by atoms with Crippen molar-refractivity contribution in [3.05, 3.63) is 57.4 Å². The summed E-state index contributed by atoms with van der Waals surface area (Å²) in [5, 5.41) is 8.24. The number of morpholine rings is 1. The monoisotopic (exact) mass is 421 g/mol. The normalized spacial score (nSPS) is 23.0. The van der Waals surface area contributed by atoms with Crippen molar-refractivity contribution in [3.8, 4) is 0 Å². The maximum Gasteiger partial charge on any atom is 0.256 e. The molecule has 0 radical (unpaired) electrons. The number of fused-ring (bicyclic) bond motifs is 4. The predicted molar refractivity (Wildman–Crippen MR) is 101 cm³/mol. The average Bonchev–Trinajstić information content (AvgIpc) is 3.35. The van der Waals surface area contributed by atoms with Crippen LogP contribution in [0.1, 0.15) is 28.0 Å². The Kier molecular flexibility index (Phi) is 4.22. The first-order valence-electron chi connectivity index (χ1n) is 8.74. The molecule has 0 unspecified atom stereocenters. The van der Waals surface area contributed by atoms with E-state index >= 15 is 0 Å². The summed E-state index contributed by atoms with van der Waals surface area (Å²) in [4.78, 5) is 19.4. The van der Waals surface area contributed by atoms with Gasteiger partial charge in [0, 0.05) is 6.54 Å². The summed E-state index contributed by atoms with van der Waals surface area (Å²) >= 11 is 12.0. The lowest BCUT2D eigenvalue weighted by atomic mass is 10.0. The number of carbonyl (C=O) groups is 1. The lowest BCUT2D eigenvalue weighted by molar-refractivity contribution is -0.0572. The minimum atomic E-state index is -0.667. The van der Waals surface area contributed by atoms with E-state index in [1.165, 1.54) is 6.07 Å². The fraction of sp³-hybridized carbons (Fsp3) is 0.333. The van der Waals surface area contributed by atoms with Crippen molar-refractivity contribution in [1.29, 1.82) is 0 Å². The van der Waals surface area contributed by atoms with Crippen LogP contribution in [0.3, 0.4) is 0 Å². The number of rotatable bonds is 2. The predicted octanol–water partition coefficient (Wildman–Crippen LogP) is 2.68. The number of halogens is 3.